The lowest BCUT2D eigenvalue weighted by atomic mass is 9.93. The van der Waals surface area contributed by atoms with E-state index in [1.807, 2.05) is 6.92 Å². The second kappa shape index (κ2) is 12.2. The first-order valence-corrected chi connectivity index (χ1v) is 8.86. The van der Waals surface area contributed by atoms with Crippen molar-refractivity contribution >= 4 is 29.9 Å². The van der Waals surface area contributed by atoms with Crippen LogP contribution < -0.4 is 20.1 Å². The van der Waals surface area contributed by atoms with Crippen molar-refractivity contribution in [3.63, 3.8) is 0 Å². The molecule has 0 bridgehead atoms. The fraction of sp³-hybridized carbons (Fsp3) is 0.611. The van der Waals surface area contributed by atoms with Gasteiger partial charge in [-0.1, -0.05) is 6.07 Å². The molecule has 0 aliphatic heterocycles. The van der Waals surface area contributed by atoms with Crippen molar-refractivity contribution in [3.05, 3.63) is 23.8 Å². The third-order valence-electron chi connectivity index (χ3n) is 4.25. The zero-order chi connectivity index (χ0) is 18.9. The molecule has 0 amide bonds. The van der Waals surface area contributed by atoms with Gasteiger partial charge in [0.15, 0.2) is 17.5 Å². The molecule has 0 aromatic heterocycles. The van der Waals surface area contributed by atoms with Crippen LogP contribution in [0.4, 0.5) is 8.78 Å². The smallest absolute Gasteiger partial charge is 0.387 e. The van der Waals surface area contributed by atoms with Gasteiger partial charge in [0.2, 0.25) is 0 Å². The maximum atomic E-state index is 12.5. The molecule has 0 atom stereocenters. The molecule has 0 saturated heterocycles. The van der Waals surface area contributed by atoms with Gasteiger partial charge in [-0.25, -0.2) is 4.99 Å². The summed E-state index contributed by atoms with van der Waals surface area (Å²) < 4.78 is 34.6. The number of methoxy groups -OCH3 is 1. The first-order valence-electron chi connectivity index (χ1n) is 8.86. The van der Waals surface area contributed by atoms with Gasteiger partial charge in [0.1, 0.15) is 0 Å². The van der Waals surface area contributed by atoms with Crippen molar-refractivity contribution in [3.8, 4) is 11.5 Å². The fourth-order valence-electron chi connectivity index (χ4n) is 2.91. The highest BCUT2D eigenvalue weighted by Gasteiger charge is 2.20. The number of hydrogen-bond acceptors (Lipinski definition) is 4. The van der Waals surface area contributed by atoms with Crippen LogP contribution in [0.2, 0.25) is 0 Å². The van der Waals surface area contributed by atoms with Crippen LogP contribution in [-0.2, 0) is 6.54 Å². The average Bonchev–Trinajstić information content (AvgIpc) is 2.61. The molecule has 3 N–H and O–H groups in total. The van der Waals surface area contributed by atoms with Crippen LogP contribution in [0.3, 0.4) is 0 Å². The van der Waals surface area contributed by atoms with Gasteiger partial charge in [0.05, 0.1) is 19.8 Å². The molecule has 1 aliphatic rings. The zero-order valence-corrected chi connectivity index (χ0v) is 17.9. The summed E-state index contributed by atoms with van der Waals surface area (Å²) in [7, 11) is 1.40. The molecule has 1 aliphatic carbocycles. The molecule has 0 unspecified atom stereocenters. The third-order valence-corrected chi connectivity index (χ3v) is 4.25. The first-order chi connectivity index (χ1) is 12.5. The van der Waals surface area contributed by atoms with Gasteiger partial charge in [0, 0.05) is 12.6 Å². The fourth-order valence-corrected chi connectivity index (χ4v) is 2.91. The minimum atomic E-state index is -2.91. The van der Waals surface area contributed by atoms with Crippen LogP contribution >= 0.6 is 24.0 Å². The molecular weight excluding hydrogens is 471 g/mol. The number of nitrogens with one attached hydrogen (secondary N) is 2. The van der Waals surface area contributed by atoms with Crippen molar-refractivity contribution < 1.29 is 23.4 Å². The summed E-state index contributed by atoms with van der Waals surface area (Å²) in [6, 6.07) is 5.13. The summed E-state index contributed by atoms with van der Waals surface area (Å²) in [4.78, 5) is 4.52. The van der Waals surface area contributed by atoms with E-state index in [0.29, 0.717) is 19.0 Å². The minimum Gasteiger partial charge on any atom is -0.493 e. The Morgan fingerprint density at radius 1 is 1.26 bits per heavy atom. The quantitative estimate of drug-likeness (QED) is 0.305. The molecule has 1 fully saturated rings. The second-order valence-electron chi connectivity index (χ2n) is 6.21. The number of aliphatic hydroxyl groups is 1. The monoisotopic (exact) mass is 499 g/mol. The predicted octanol–water partition coefficient (Wildman–Crippen LogP) is 3.27. The van der Waals surface area contributed by atoms with Gasteiger partial charge in [-0.2, -0.15) is 8.78 Å². The van der Waals surface area contributed by atoms with Crippen molar-refractivity contribution in [2.24, 2.45) is 4.99 Å². The molecule has 9 heteroatoms. The molecule has 154 valence electrons. The van der Waals surface area contributed by atoms with E-state index in [-0.39, 0.29) is 47.6 Å². The lowest BCUT2D eigenvalue weighted by Crippen LogP contribution is -2.45. The highest BCUT2D eigenvalue weighted by Crippen LogP contribution is 2.29. The highest BCUT2D eigenvalue weighted by molar-refractivity contribution is 14.0. The maximum Gasteiger partial charge on any atom is 0.387 e. The Morgan fingerprint density at radius 2 is 1.96 bits per heavy atom. The van der Waals surface area contributed by atoms with Gasteiger partial charge >= 0.3 is 6.61 Å². The lowest BCUT2D eigenvalue weighted by molar-refractivity contribution is -0.0512. The number of guanidine groups is 1. The molecule has 0 heterocycles. The molecule has 1 aromatic carbocycles. The summed E-state index contributed by atoms with van der Waals surface area (Å²) in [6.07, 6.45) is 3.13. The van der Waals surface area contributed by atoms with E-state index in [1.165, 1.54) is 13.2 Å². The van der Waals surface area contributed by atoms with Crippen LogP contribution in [0, 0.1) is 0 Å². The Morgan fingerprint density at radius 3 is 2.56 bits per heavy atom. The van der Waals surface area contributed by atoms with E-state index in [4.69, 9.17) is 4.74 Å². The SMILES string of the molecule is CCNC(=NCc1ccc(OC)c(OC(F)F)c1)NC1CCC(O)CC1.I. The number of aliphatic imine (C=N–C) groups is 1. The van der Waals surface area contributed by atoms with E-state index in [9.17, 15) is 13.9 Å². The number of ether oxygens (including phenoxy) is 2. The summed E-state index contributed by atoms with van der Waals surface area (Å²) in [5.74, 6) is 0.916. The Balaban J connectivity index is 0.00000364. The number of aliphatic hydroxyl groups excluding tert-OH is 1. The maximum absolute atomic E-state index is 12.5. The van der Waals surface area contributed by atoms with Gasteiger partial charge in [0.25, 0.3) is 0 Å². The minimum absolute atomic E-state index is 0. The Hall–Kier alpha value is -1.36. The average molecular weight is 499 g/mol. The molecule has 6 nitrogen and oxygen atoms in total. The molecule has 0 spiro atoms. The lowest BCUT2D eigenvalue weighted by Gasteiger charge is -2.27. The second-order valence-corrected chi connectivity index (χ2v) is 6.21. The normalized spacial score (nSPS) is 20.0. The van der Waals surface area contributed by atoms with Crippen LogP contribution in [0.5, 0.6) is 11.5 Å². The van der Waals surface area contributed by atoms with E-state index in [2.05, 4.69) is 20.4 Å². The van der Waals surface area contributed by atoms with Gasteiger partial charge in [-0.3, -0.25) is 0 Å². The van der Waals surface area contributed by atoms with E-state index >= 15 is 0 Å². The van der Waals surface area contributed by atoms with Crippen LogP contribution in [0.1, 0.15) is 38.2 Å². The predicted molar refractivity (Wildman–Crippen MR) is 111 cm³/mol. The molecular formula is C18H28F2IN3O3. The number of hydrogen-bond donors (Lipinski definition) is 3. The number of nitrogens with zero attached hydrogens (tertiary/aromatic N) is 1. The van der Waals surface area contributed by atoms with Gasteiger partial charge in [-0.15, -0.1) is 24.0 Å². The highest BCUT2D eigenvalue weighted by atomic mass is 127. The summed E-state index contributed by atoms with van der Waals surface area (Å²) in [5, 5.41) is 16.1. The third kappa shape index (κ3) is 8.04. The summed E-state index contributed by atoms with van der Waals surface area (Å²) in [5.41, 5.74) is 0.734. The summed E-state index contributed by atoms with van der Waals surface area (Å²) in [6.45, 7) is 0.0880. The zero-order valence-electron chi connectivity index (χ0n) is 15.6. The molecule has 2 rings (SSSR count). The van der Waals surface area contributed by atoms with Crippen molar-refractivity contribution in [2.75, 3.05) is 13.7 Å². The Labute approximate surface area is 175 Å². The topological polar surface area (TPSA) is 75.1 Å². The van der Waals surface area contributed by atoms with Crippen molar-refractivity contribution in [1.82, 2.24) is 10.6 Å². The van der Waals surface area contributed by atoms with E-state index in [1.54, 1.807) is 12.1 Å². The first kappa shape index (κ1) is 23.7. The Bertz CT molecular complexity index is 597. The molecule has 27 heavy (non-hydrogen) atoms. The van der Waals surface area contributed by atoms with Gasteiger partial charge in [-0.05, 0) is 50.3 Å². The van der Waals surface area contributed by atoms with Crippen LogP contribution in [-0.4, -0.2) is 43.5 Å². The number of halogens is 3. The number of rotatable bonds is 7. The number of benzene rings is 1. The van der Waals surface area contributed by atoms with E-state index < -0.39 is 6.61 Å². The standard InChI is InChI=1S/C18H27F2N3O3.HI/c1-3-21-18(23-13-5-7-14(24)8-6-13)22-11-12-4-9-15(25-2)16(10-12)26-17(19)20;/h4,9-10,13-14,17,24H,3,5-8,11H2,1-2H3,(H2,21,22,23);1H. The van der Waals surface area contributed by atoms with Crippen molar-refractivity contribution in [2.45, 2.75) is 57.9 Å². The molecule has 0 radical (unpaired) electrons. The van der Waals surface area contributed by atoms with Crippen LogP contribution in [0.15, 0.2) is 23.2 Å². The molecule has 1 saturated carbocycles. The van der Waals surface area contributed by atoms with Gasteiger partial charge < -0.3 is 25.2 Å². The molecule has 1 aromatic rings. The summed E-state index contributed by atoms with van der Waals surface area (Å²) >= 11 is 0. The van der Waals surface area contributed by atoms with Crippen molar-refractivity contribution in [1.29, 1.82) is 0 Å². The van der Waals surface area contributed by atoms with E-state index in [0.717, 1.165) is 31.2 Å². The number of alkyl halides is 2. The largest absolute Gasteiger partial charge is 0.493 e. The Kier molecular flexibility index (Phi) is 10.7. The van der Waals surface area contributed by atoms with Crippen LogP contribution in [0.25, 0.3) is 0 Å².